The number of nitrogens with two attached hydrogens (primary N) is 1. The Morgan fingerprint density at radius 3 is 2.77 bits per heavy atom. The molecule has 1 atom stereocenters. The first-order valence-corrected chi connectivity index (χ1v) is 8.72. The van der Waals surface area contributed by atoms with Gasteiger partial charge in [-0.1, -0.05) is 12.1 Å². The van der Waals surface area contributed by atoms with E-state index in [4.69, 9.17) is 5.73 Å². The number of aromatic amines is 1. The zero-order valence-electron chi connectivity index (χ0n) is 15.2. The Balaban J connectivity index is 1.57. The highest BCUT2D eigenvalue weighted by molar-refractivity contribution is 5.98. The average molecular weight is 355 g/mol. The van der Waals surface area contributed by atoms with Crippen LogP contribution in [0.3, 0.4) is 0 Å². The summed E-state index contributed by atoms with van der Waals surface area (Å²) in [4.78, 5) is 30.4. The second-order valence-corrected chi connectivity index (χ2v) is 6.79. The lowest BCUT2D eigenvalue weighted by molar-refractivity contribution is 0.0822. The van der Waals surface area contributed by atoms with Crippen LogP contribution >= 0.6 is 0 Å². The smallest absolute Gasteiger partial charge is 0.269 e. The zero-order valence-corrected chi connectivity index (χ0v) is 15.2. The van der Waals surface area contributed by atoms with E-state index in [2.05, 4.69) is 15.2 Å². The number of benzene rings is 1. The Morgan fingerprint density at radius 1 is 1.27 bits per heavy atom. The Hall–Kier alpha value is -2.80. The number of primary amides is 1. The van der Waals surface area contributed by atoms with Crippen molar-refractivity contribution in [2.75, 3.05) is 32.1 Å². The van der Waals surface area contributed by atoms with E-state index in [0.29, 0.717) is 23.8 Å². The second-order valence-electron chi connectivity index (χ2n) is 6.79. The quantitative estimate of drug-likeness (QED) is 0.725. The van der Waals surface area contributed by atoms with Gasteiger partial charge in [0.25, 0.3) is 11.8 Å². The minimum Gasteiger partial charge on any atom is -0.369 e. The van der Waals surface area contributed by atoms with Gasteiger partial charge >= 0.3 is 0 Å². The number of H-pyrrole nitrogens is 1. The molecule has 2 aromatic rings. The zero-order chi connectivity index (χ0) is 18.7. The fourth-order valence-corrected chi connectivity index (χ4v) is 3.27. The summed E-state index contributed by atoms with van der Waals surface area (Å²) in [5.41, 5.74) is 8.51. The summed E-state index contributed by atoms with van der Waals surface area (Å²) in [6.07, 6.45) is 0.983. The Morgan fingerprint density at radius 2 is 2.04 bits per heavy atom. The molecule has 3 rings (SSSR count). The lowest BCUT2D eigenvalue weighted by Gasteiger charge is -2.21. The summed E-state index contributed by atoms with van der Waals surface area (Å²) in [5, 5.41) is 3.51. The minimum atomic E-state index is -0.401. The molecule has 1 fully saturated rings. The van der Waals surface area contributed by atoms with Gasteiger partial charge in [-0.05, 0) is 30.7 Å². The number of nitrogens with zero attached hydrogens (tertiary/aromatic N) is 2. The van der Waals surface area contributed by atoms with E-state index < -0.39 is 5.91 Å². The molecule has 1 aliphatic heterocycles. The van der Waals surface area contributed by atoms with Gasteiger partial charge in [-0.15, -0.1) is 0 Å². The molecule has 7 heteroatoms. The van der Waals surface area contributed by atoms with Gasteiger partial charge in [0.15, 0.2) is 0 Å². The summed E-state index contributed by atoms with van der Waals surface area (Å²) in [6, 6.07) is 11.5. The van der Waals surface area contributed by atoms with Crippen LogP contribution in [0.25, 0.3) is 0 Å². The molecule has 26 heavy (non-hydrogen) atoms. The van der Waals surface area contributed by atoms with Crippen molar-refractivity contribution in [1.29, 1.82) is 0 Å². The van der Waals surface area contributed by atoms with Gasteiger partial charge in [-0.25, -0.2) is 0 Å². The van der Waals surface area contributed by atoms with Crippen LogP contribution in [-0.2, 0) is 6.54 Å². The first kappa shape index (κ1) is 18.0. The SMILES string of the molecule is CN(C)C(=O)c1ccc(CNC2CCN(c3ccccc3C(N)=O)C2)[nH]1. The number of nitrogens with one attached hydrogen (secondary N) is 2. The monoisotopic (exact) mass is 355 g/mol. The highest BCUT2D eigenvalue weighted by Gasteiger charge is 2.25. The third-order valence-electron chi connectivity index (χ3n) is 4.66. The molecular formula is C19H25N5O2. The summed E-state index contributed by atoms with van der Waals surface area (Å²) in [5.74, 6) is -0.437. The van der Waals surface area contributed by atoms with Gasteiger partial charge in [0.2, 0.25) is 0 Å². The molecule has 0 aliphatic carbocycles. The highest BCUT2D eigenvalue weighted by atomic mass is 16.2. The lowest BCUT2D eigenvalue weighted by Crippen LogP contribution is -2.33. The molecule has 1 aromatic carbocycles. The predicted octanol–water partition coefficient (Wildman–Crippen LogP) is 1.18. The first-order valence-electron chi connectivity index (χ1n) is 8.72. The van der Waals surface area contributed by atoms with Gasteiger partial charge in [0.1, 0.15) is 5.69 Å². The van der Waals surface area contributed by atoms with Crippen molar-refractivity contribution in [2.24, 2.45) is 5.73 Å². The van der Waals surface area contributed by atoms with Crippen molar-refractivity contribution in [1.82, 2.24) is 15.2 Å². The Kier molecular flexibility index (Phi) is 5.27. The van der Waals surface area contributed by atoms with E-state index in [0.717, 1.165) is 30.9 Å². The maximum absolute atomic E-state index is 11.9. The number of amides is 2. The predicted molar refractivity (Wildman–Crippen MR) is 101 cm³/mol. The summed E-state index contributed by atoms with van der Waals surface area (Å²) < 4.78 is 0. The normalized spacial score (nSPS) is 16.7. The number of para-hydroxylation sites is 1. The molecule has 0 radical (unpaired) electrons. The molecule has 138 valence electrons. The van der Waals surface area contributed by atoms with Gasteiger partial charge < -0.3 is 25.8 Å². The molecule has 1 unspecified atom stereocenters. The third-order valence-corrected chi connectivity index (χ3v) is 4.66. The van der Waals surface area contributed by atoms with Crippen LogP contribution in [-0.4, -0.2) is 54.9 Å². The average Bonchev–Trinajstić information content (AvgIpc) is 3.28. The molecular weight excluding hydrogens is 330 g/mol. The largest absolute Gasteiger partial charge is 0.369 e. The fraction of sp³-hybridized carbons (Fsp3) is 0.368. The number of anilines is 1. The van der Waals surface area contributed by atoms with Crippen molar-refractivity contribution in [3.63, 3.8) is 0 Å². The molecule has 1 aromatic heterocycles. The topological polar surface area (TPSA) is 94.5 Å². The third kappa shape index (κ3) is 3.88. The second kappa shape index (κ2) is 7.61. The van der Waals surface area contributed by atoms with E-state index in [1.165, 1.54) is 0 Å². The Bertz CT molecular complexity index is 799. The van der Waals surface area contributed by atoms with Crippen molar-refractivity contribution in [3.05, 3.63) is 53.3 Å². The summed E-state index contributed by atoms with van der Waals surface area (Å²) in [6.45, 7) is 2.35. The minimum absolute atomic E-state index is 0.0358. The van der Waals surface area contributed by atoms with Gasteiger partial charge in [0.05, 0.1) is 5.56 Å². The summed E-state index contributed by atoms with van der Waals surface area (Å²) in [7, 11) is 3.47. The standard InChI is InChI=1S/C19H25N5O2/c1-23(2)19(26)16-8-7-13(22-16)11-21-14-9-10-24(12-14)17-6-4-3-5-15(17)18(20)25/h3-8,14,21-22H,9-12H2,1-2H3,(H2,20,25). The van der Waals surface area contributed by atoms with Crippen LogP contribution < -0.4 is 16.0 Å². The number of hydrogen-bond donors (Lipinski definition) is 3. The van der Waals surface area contributed by atoms with E-state index in [-0.39, 0.29) is 5.91 Å². The maximum atomic E-state index is 11.9. The first-order chi connectivity index (χ1) is 12.5. The molecule has 2 amide bonds. The van der Waals surface area contributed by atoms with Crippen LogP contribution in [0.1, 0.15) is 33.0 Å². The van der Waals surface area contributed by atoms with Crippen LogP contribution in [0.2, 0.25) is 0 Å². The van der Waals surface area contributed by atoms with E-state index in [1.54, 1.807) is 25.1 Å². The molecule has 2 heterocycles. The van der Waals surface area contributed by atoms with Crippen molar-refractivity contribution in [2.45, 2.75) is 19.0 Å². The molecule has 0 bridgehead atoms. The van der Waals surface area contributed by atoms with Gasteiger partial charge in [0, 0.05) is 51.2 Å². The Labute approximate surface area is 153 Å². The lowest BCUT2D eigenvalue weighted by atomic mass is 10.1. The van der Waals surface area contributed by atoms with Crippen molar-refractivity contribution in [3.8, 4) is 0 Å². The van der Waals surface area contributed by atoms with Gasteiger partial charge in [-0.3, -0.25) is 9.59 Å². The van der Waals surface area contributed by atoms with Crippen LogP contribution in [0.15, 0.2) is 36.4 Å². The van der Waals surface area contributed by atoms with Crippen molar-refractivity contribution < 1.29 is 9.59 Å². The molecule has 0 saturated carbocycles. The van der Waals surface area contributed by atoms with Gasteiger partial charge in [-0.2, -0.15) is 0 Å². The van der Waals surface area contributed by atoms with Crippen LogP contribution in [0.4, 0.5) is 5.69 Å². The fourth-order valence-electron chi connectivity index (χ4n) is 3.27. The number of carbonyl (C=O) groups excluding carboxylic acids is 2. The van der Waals surface area contributed by atoms with Crippen LogP contribution in [0.5, 0.6) is 0 Å². The molecule has 0 spiro atoms. The van der Waals surface area contributed by atoms with E-state index in [9.17, 15) is 9.59 Å². The molecule has 1 saturated heterocycles. The van der Waals surface area contributed by atoms with Crippen LogP contribution in [0, 0.1) is 0 Å². The number of hydrogen-bond acceptors (Lipinski definition) is 4. The number of rotatable bonds is 6. The number of aromatic nitrogens is 1. The van der Waals surface area contributed by atoms with Crippen molar-refractivity contribution >= 4 is 17.5 Å². The number of carbonyl (C=O) groups is 2. The van der Waals surface area contributed by atoms with E-state index >= 15 is 0 Å². The molecule has 7 nitrogen and oxygen atoms in total. The summed E-state index contributed by atoms with van der Waals surface area (Å²) >= 11 is 0. The molecule has 4 N–H and O–H groups in total. The molecule has 1 aliphatic rings. The maximum Gasteiger partial charge on any atom is 0.269 e. The highest BCUT2D eigenvalue weighted by Crippen LogP contribution is 2.24. The van der Waals surface area contributed by atoms with E-state index in [1.807, 2.05) is 30.3 Å².